The van der Waals surface area contributed by atoms with E-state index in [1.165, 1.54) is 30.8 Å². The van der Waals surface area contributed by atoms with Crippen LogP contribution in [0.15, 0.2) is 30.5 Å². The number of hydrogen-bond donors (Lipinski definition) is 0. The van der Waals surface area contributed by atoms with Crippen LogP contribution in [0.3, 0.4) is 0 Å². The van der Waals surface area contributed by atoms with E-state index in [0.29, 0.717) is 12.5 Å². The maximum atomic E-state index is 5.48. The molecule has 0 atom stereocenters. The maximum absolute atomic E-state index is 5.48. The largest absolute Gasteiger partial charge is 0.500 e. The van der Waals surface area contributed by atoms with Crippen molar-refractivity contribution in [3.8, 4) is 9.75 Å². The van der Waals surface area contributed by atoms with E-state index in [9.17, 15) is 0 Å². The number of ether oxygens (including phenoxy) is 1. The Hall–Kier alpha value is -1.52. The van der Waals surface area contributed by atoms with Gasteiger partial charge >= 0.3 is 0 Å². The Labute approximate surface area is 165 Å². The van der Waals surface area contributed by atoms with Gasteiger partial charge in [-0.3, -0.25) is 0 Å². The Bertz CT molecular complexity index is 823. The molecule has 1 aliphatic carbocycles. The van der Waals surface area contributed by atoms with Crippen molar-refractivity contribution >= 4 is 33.8 Å². The molecule has 2 aromatic rings. The fourth-order valence-corrected chi connectivity index (χ4v) is 5.92. The molecule has 26 heavy (non-hydrogen) atoms. The predicted molar refractivity (Wildman–Crippen MR) is 118 cm³/mol. The smallest absolute Gasteiger partial charge is 0.105 e. The van der Waals surface area contributed by atoms with E-state index in [4.69, 9.17) is 4.74 Å². The zero-order valence-corrected chi connectivity index (χ0v) is 18.3. The molecular weight excluding hydrogens is 358 g/mol. The van der Waals surface area contributed by atoms with Crippen LogP contribution in [0.5, 0.6) is 0 Å². The van der Waals surface area contributed by atoms with Crippen molar-refractivity contribution < 1.29 is 4.74 Å². The highest BCUT2D eigenvalue weighted by atomic mass is 32.1. The second-order valence-corrected chi connectivity index (χ2v) is 9.82. The average molecular weight is 388 g/mol. The molecule has 2 heterocycles. The van der Waals surface area contributed by atoms with Crippen LogP contribution in [0.1, 0.15) is 50.6 Å². The Morgan fingerprint density at radius 2 is 1.85 bits per heavy atom. The second-order valence-electron chi connectivity index (χ2n) is 7.71. The molecule has 0 aliphatic heterocycles. The molecular formula is C22H29NOS2. The van der Waals surface area contributed by atoms with E-state index in [0.717, 1.165) is 6.54 Å². The number of thiophene rings is 2. The molecule has 0 fully saturated rings. The fraction of sp³-hybridized carbons (Fsp3) is 0.455. The predicted octanol–water partition coefficient (Wildman–Crippen LogP) is 6.77. The minimum atomic E-state index is 0.0854. The normalized spacial score (nSPS) is 15.2. The molecule has 3 rings (SSSR count). The summed E-state index contributed by atoms with van der Waals surface area (Å²) in [5, 5.41) is 1.32. The van der Waals surface area contributed by atoms with Crippen molar-refractivity contribution in [1.29, 1.82) is 0 Å². The van der Waals surface area contributed by atoms with Crippen LogP contribution in [0.25, 0.3) is 15.8 Å². The van der Waals surface area contributed by atoms with Gasteiger partial charge in [0.25, 0.3) is 0 Å². The topological polar surface area (TPSA) is 12.5 Å². The van der Waals surface area contributed by atoms with Crippen molar-refractivity contribution in [2.75, 3.05) is 25.1 Å². The molecule has 0 saturated carbocycles. The summed E-state index contributed by atoms with van der Waals surface area (Å²) in [6.45, 7) is 12.7. The van der Waals surface area contributed by atoms with Crippen molar-refractivity contribution in [3.63, 3.8) is 0 Å². The van der Waals surface area contributed by atoms with Crippen molar-refractivity contribution in [1.82, 2.24) is 0 Å². The Morgan fingerprint density at radius 3 is 2.54 bits per heavy atom. The van der Waals surface area contributed by atoms with Gasteiger partial charge in [-0.2, -0.15) is 0 Å². The van der Waals surface area contributed by atoms with Crippen LogP contribution in [-0.2, 0) is 10.2 Å². The van der Waals surface area contributed by atoms with E-state index in [2.05, 4.69) is 63.9 Å². The van der Waals surface area contributed by atoms with Crippen molar-refractivity contribution in [2.45, 2.75) is 40.0 Å². The van der Waals surface area contributed by atoms with E-state index >= 15 is 0 Å². The number of likely N-dealkylation sites (N-methyl/N-ethyl adjacent to an activating group) is 1. The summed E-state index contributed by atoms with van der Waals surface area (Å²) in [6.07, 6.45) is 8.25. The summed E-state index contributed by atoms with van der Waals surface area (Å²) in [5.74, 6) is 0.585. The number of hydrogen-bond acceptors (Lipinski definition) is 4. The maximum Gasteiger partial charge on any atom is 0.105 e. The molecule has 0 bridgehead atoms. The Balaban J connectivity index is 1.85. The summed E-state index contributed by atoms with van der Waals surface area (Å²) < 4.78 is 5.48. The third-order valence-corrected chi connectivity index (χ3v) is 7.34. The molecule has 2 nitrogen and oxygen atoms in total. The van der Waals surface area contributed by atoms with Crippen LogP contribution in [0, 0.1) is 5.92 Å². The first-order valence-corrected chi connectivity index (χ1v) is 10.9. The van der Waals surface area contributed by atoms with Gasteiger partial charge in [-0.05, 0) is 42.2 Å². The van der Waals surface area contributed by atoms with Gasteiger partial charge in [0, 0.05) is 22.2 Å². The van der Waals surface area contributed by atoms with Gasteiger partial charge in [0.1, 0.15) is 6.61 Å². The first-order valence-electron chi connectivity index (χ1n) is 9.25. The van der Waals surface area contributed by atoms with Gasteiger partial charge < -0.3 is 9.64 Å². The molecule has 2 aromatic heterocycles. The van der Waals surface area contributed by atoms with Gasteiger partial charge in [0.05, 0.1) is 22.7 Å². The minimum absolute atomic E-state index is 0.0854. The van der Waals surface area contributed by atoms with Crippen LogP contribution in [-0.4, -0.2) is 20.2 Å². The Kier molecular flexibility index (Phi) is 5.64. The number of fused-ring (bicyclic) bond motifs is 3. The van der Waals surface area contributed by atoms with Crippen LogP contribution < -0.4 is 4.90 Å². The molecule has 0 saturated heterocycles. The van der Waals surface area contributed by atoms with Gasteiger partial charge in [0.2, 0.25) is 0 Å². The molecule has 0 unspecified atom stereocenters. The van der Waals surface area contributed by atoms with Gasteiger partial charge in [-0.15, -0.1) is 22.7 Å². The molecule has 0 amide bonds. The highest BCUT2D eigenvalue weighted by molar-refractivity contribution is 7.25. The fourth-order valence-electron chi connectivity index (χ4n) is 3.22. The molecule has 0 aromatic carbocycles. The monoisotopic (exact) mass is 387 g/mol. The minimum Gasteiger partial charge on any atom is -0.500 e. The van der Waals surface area contributed by atoms with E-state index in [-0.39, 0.29) is 5.41 Å². The van der Waals surface area contributed by atoms with Gasteiger partial charge in [0.15, 0.2) is 0 Å². The summed E-state index contributed by atoms with van der Waals surface area (Å²) in [6, 6.07) is 4.77. The lowest BCUT2D eigenvalue weighted by Crippen LogP contribution is -2.21. The van der Waals surface area contributed by atoms with Crippen LogP contribution in [0.2, 0.25) is 0 Å². The van der Waals surface area contributed by atoms with Crippen LogP contribution >= 0.6 is 22.7 Å². The Morgan fingerprint density at radius 1 is 1.15 bits per heavy atom. The van der Waals surface area contributed by atoms with Crippen molar-refractivity contribution in [3.05, 3.63) is 46.6 Å². The number of anilines is 1. The summed E-state index contributed by atoms with van der Waals surface area (Å²) >= 11 is 3.85. The third-order valence-electron chi connectivity index (χ3n) is 4.82. The summed E-state index contributed by atoms with van der Waals surface area (Å²) in [5.41, 5.74) is 3.04. The van der Waals surface area contributed by atoms with Gasteiger partial charge in [-0.1, -0.05) is 39.8 Å². The van der Waals surface area contributed by atoms with Crippen LogP contribution in [0.4, 0.5) is 5.00 Å². The molecule has 0 N–H and O–H groups in total. The van der Waals surface area contributed by atoms with E-state index in [1.54, 1.807) is 6.26 Å². The zero-order valence-electron chi connectivity index (χ0n) is 16.6. The SMILES string of the molecule is C/C=C\OCCN(C)c1cc2c(s1)-c1sc(/C=C\C(C)C)cc1C2(C)C. The number of nitrogens with zero attached hydrogens (tertiary/aromatic N) is 1. The number of rotatable bonds is 7. The quantitative estimate of drug-likeness (QED) is 0.384. The molecule has 0 spiro atoms. The highest BCUT2D eigenvalue weighted by Crippen LogP contribution is 2.57. The summed E-state index contributed by atoms with van der Waals surface area (Å²) in [7, 11) is 2.15. The van der Waals surface area contributed by atoms with E-state index in [1.807, 2.05) is 35.7 Å². The lowest BCUT2D eigenvalue weighted by atomic mass is 9.84. The standard InChI is InChI=1S/C22H29NOS2/c1-7-11-24-12-10-23(6)19-14-18-21(26-19)20-17(22(18,4)5)13-16(25-20)9-8-15(2)3/h7-9,11,13-15H,10,12H2,1-6H3/b9-8-,11-7-. The van der Waals surface area contributed by atoms with Gasteiger partial charge in [-0.25, -0.2) is 0 Å². The lowest BCUT2D eigenvalue weighted by Gasteiger charge is -2.20. The molecule has 0 radical (unpaired) electrons. The van der Waals surface area contributed by atoms with Crippen molar-refractivity contribution in [2.24, 2.45) is 5.92 Å². The first-order chi connectivity index (χ1) is 12.3. The molecule has 140 valence electrons. The lowest BCUT2D eigenvalue weighted by molar-refractivity contribution is 0.257. The van der Waals surface area contributed by atoms with E-state index < -0.39 is 0 Å². The first kappa shape index (κ1) is 19.2. The zero-order chi connectivity index (χ0) is 18.9. The highest BCUT2D eigenvalue weighted by Gasteiger charge is 2.39. The third kappa shape index (κ3) is 3.63. The summed E-state index contributed by atoms with van der Waals surface area (Å²) in [4.78, 5) is 6.58. The number of allylic oxidation sites excluding steroid dienone is 2. The molecule has 4 heteroatoms. The molecule has 1 aliphatic rings. The second kappa shape index (κ2) is 7.61. The average Bonchev–Trinajstić information content (AvgIpc) is 3.24.